The summed E-state index contributed by atoms with van der Waals surface area (Å²) >= 11 is 5.78. The third kappa shape index (κ3) is 3.81. The van der Waals surface area contributed by atoms with Crippen LogP contribution in [0.15, 0.2) is 12.1 Å². The van der Waals surface area contributed by atoms with Crippen molar-refractivity contribution < 1.29 is 14.6 Å². The molecule has 0 aromatic carbocycles. The highest BCUT2D eigenvalue weighted by molar-refractivity contribution is 6.29. The maximum Gasteiger partial charge on any atom is 0.335 e. The average molecular weight is 285 g/mol. The van der Waals surface area contributed by atoms with Gasteiger partial charge in [0, 0.05) is 12.1 Å². The molecule has 0 amide bonds. The summed E-state index contributed by atoms with van der Waals surface area (Å²) in [4.78, 5) is 17.2. The van der Waals surface area contributed by atoms with Crippen LogP contribution in [0.1, 0.15) is 29.6 Å². The Bertz CT molecular complexity index is 467. The number of likely N-dealkylation sites (tertiary alicyclic amines) is 1. The second-order valence-corrected chi connectivity index (χ2v) is 5.15. The van der Waals surface area contributed by atoms with Crippen LogP contribution in [0.5, 0.6) is 5.88 Å². The number of carboxylic acids is 1. The second-order valence-electron chi connectivity index (χ2n) is 4.76. The van der Waals surface area contributed by atoms with E-state index in [1.54, 1.807) is 0 Å². The molecule has 0 aliphatic carbocycles. The number of hydrogen-bond donors (Lipinski definition) is 1. The molecule has 2 heterocycles. The Morgan fingerprint density at radius 1 is 1.58 bits per heavy atom. The Morgan fingerprint density at radius 2 is 2.37 bits per heavy atom. The minimum atomic E-state index is -1.04. The molecule has 1 unspecified atom stereocenters. The minimum absolute atomic E-state index is 0.0898. The van der Waals surface area contributed by atoms with Crippen molar-refractivity contribution in [1.82, 2.24) is 9.88 Å². The molecule has 1 saturated heterocycles. The Labute approximate surface area is 117 Å². The lowest BCUT2D eigenvalue weighted by molar-refractivity contribution is 0.0695. The molecule has 0 radical (unpaired) electrons. The lowest BCUT2D eigenvalue weighted by Crippen LogP contribution is -2.40. The molecule has 104 valence electrons. The number of halogens is 1. The van der Waals surface area contributed by atoms with Gasteiger partial charge in [-0.3, -0.25) is 0 Å². The maximum atomic E-state index is 10.9. The predicted molar refractivity (Wildman–Crippen MR) is 72.0 cm³/mol. The summed E-state index contributed by atoms with van der Waals surface area (Å²) in [6.45, 7) is 1.57. The number of pyridine rings is 1. The Morgan fingerprint density at radius 3 is 3.05 bits per heavy atom. The Hall–Kier alpha value is -1.33. The van der Waals surface area contributed by atoms with Crippen LogP contribution in [-0.4, -0.2) is 47.2 Å². The SMILES string of the molecule is CN1CCCCC1COc1cc(C(=O)O)cc(Cl)n1. The van der Waals surface area contributed by atoms with E-state index in [9.17, 15) is 4.79 Å². The van der Waals surface area contributed by atoms with Gasteiger partial charge in [-0.25, -0.2) is 9.78 Å². The van der Waals surface area contributed by atoms with Gasteiger partial charge in [0.25, 0.3) is 0 Å². The first kappa shape index (κ1) is 14.1. The number of carboxylic acid groups (broad SMARTS) is 1. The fraction of sp³-hybridized carbons (Fsp3) is 0.538. The largest absolute Gasteiger partial charge is 0.478 e. The van der Waals surface area contributed by atoms with Crippen molar-refractivity contribution in [2.45, 2.75) is 25.3 Å². The maximum absolute atomic E-state index is 10.9. The van der Waals surface area contributed by atoms with E-state index in [1.807, 2.05) is 0 Å². The zero-order chi connectivity index (χ0) is 13.8. The fourth-order valence-corrected chi connectivity index (χ4v) is 2.41. The molecule has 19 heavy (non-hydrogen) atoms. The molecule has 0 saturated carbocycles. The van der Waals surface area contributed by atoms with Crippen molar-refractivity contribution in [2.75, 3.05) is 20.2 Å². The molecule has 5 nitrogen and oxygen atoms in total. The minimum Gasteiger partial charge on any atom is -0.478 e. The van der Waals surface area contributed by atoms with E-state index in [2.05, 4.69) is 16.9 Å². The summed E-state index contributed by atoms with van der Waals surface area (Å²) < 4.78 is 5.59. The molecule has 0 bridgehead atoms. The van der Waals surface area contributed by atoms with E-state index in [0.29, 0.717) is 12.6 Å². The molecule has 1 aliphatic rings. The summed E-state index contributed by atoms with van der Waals surface area (Å²) in [5.74, 6) is -0.771. The molecule has 1 aromatic rings. The van der Waals surface area contributed by atoms with Crippen molar-refractivity contribution in [3.63, 3.8) is 0 Å². The van der Waals surface area contributed by atoms with E-state index in [-0.39, 0.29) is 16.6 Å². The molecule has 1 aromatic heterocycles. The predicted octanol–water partition coefficient (Wildman–Crippen LogP) is 2.30. The Kier molecular flexibility index (Phi) is 4.61. The van der Waals surface area contributed by atoms with Crippen LogP contribution in [0.3, 0.4) is 0 Å². The molecule has 6 heteroatoms. The van der Waals surface area contributed by atoms with Crippen molar-refractivity contribution in [3.05, 3.63) is 22.8 Å². The van der Waals surface area contributed by atoms with Gasteiger partial charge in [0.05, 0.1) is 5.56 Å². The molecular formula is C13H17ClN2O3. The van der Waals surface area contributed by atoms with Gasteiger partial charge in [-0.1, -0.05) is 18.0 Å². The highest BCUT2D eigenvalue weighted by atomic mass is 35.5. The highest BCUT2D eigenvalue weighted by Gasteiger charge is 2.19. The summed E-state index contributed by atoms with van der Waals surface area (Å²) in [6, 6.07) is 3.06. The van der Waals surface area contributed by atoms with Crippen molar-refractivity contribution in [3.8, 4) is 5.88 Å². The first-order valence-corrected chi connectivity index (χ1v) is 6.68. The van der Waals surface area contributed by atoms with Gasteiger partial charge in [0.15, 0.2) is 0 Å². The van der Waals surface area contributed by atoms with Crippen LogP contribution in [0.25, 0.3) is 0 Å². The summed E-state index contributed by atoms with van der Waals surface area (Å²) in [5.41, 5.74) is 0.0898. The number of rotatable bonds is 4. The highest BCUT2D eigenvalue weighted by Crippen LogP contribution is 2.19. The monoisotopic (exact) mass is 284 g/mol. The summed E-state index contributed by atoms with van der Waals surface area (Å²) in [7, 11) is 2.07. The molecule has 0 spiro atoms. The van der Waals surface area contributed by atoms with Crippen LogP contribution in [-0.2, 0) is 0 Å². The quantitative estimate of drug-likeness (QED) is 0.860. The van der Waals surface area contributed by atoms with Crippen LogP contribution in [0.2, 0.25) is 5.15 Å². The topological polar surface area (TPSA) is 62.7 Å². The molecule has 1 atom stereocenters. The van der Waals surface area contributed by atoms with Gasteiger partial charge in [-0.2, -0.15) is 0 Å². The van der Waals surface area contributed by atoms with Crippen LogP contribution < -0.4 is 4.74 Å². The van der Waals surface area contributed by atoms with Crippen molar-refractivity contribution >= 4 is 17.6 Å². The van der Waals surface area contributed by atoms with Crippen molar-refractivity contribution in [1.29, 1.82) is 0 Å². The van der Waals surface area contributed by atoms with Crippen LogP contribution in [0, 0.1) is 0 Å². The second kappa shape index (κ2) is 6.21. The third-order valence-corrected chi connectivity index (χ3v) is 3.56. The molecule has 1 N–H and O–H groups in total. The standard InChI is InChI=1S/C13H17ClN2O3/c1-16-5-3-2-4-10(16)8-19-12-7-9(13(17)18)6-11(14)15-12/h6-7,10H,2-5,8H2,1H3,(H,17,18). The number of carbonyl (C=O) groups is 1. The first-order valence-electron chi connectivity index (χ1n) is 6.30. The van der Waals surface area contributed by atoms with E-state index < -0.39 is 5.97 Å². The van der Waals surface area contributed by atoms with E-state index in [1.165, 1.54) is 25.0 Å². The summed E-state index contributed by atoms with van der Waals surface area (Å²) in [5, 5.41) is 9.07. The molecule has 2 rings (SSSR count). The molecule has 1 fully saturated rings. The summed E-state index contributed by atoms with van der Waals surface area (Å²) in [6.07, 6.45) is 3.50. The lowest BCUT2D eigenvalue weighted by atomic mass is 10.0. The number of aromatic nitrogens is 1. The zero-order valence-corrected chi connectivity index (χ0v) is 11.6. The number of aromatic carboxylic acids is 1. The molecule has 1 aliphatic heterocycles. The van der Waals surface area contributed by atoms with Gasteiger partial charge in [0.1, 0.15) is 11.8 Å². The number of hydrogen-bond acceptors (Lipinski definition) is 4. The van der Waals surface area contributed by atoms with E-state index in [4.69, 9.17) is 21.4 Å². The smallest absolute Gasteiger partial charge is 0.335 e. The normalized spacial score (nSPS) is 20.2. The zero-order valence-electron chi connectivity index (χ0n) is 10.8. The Balaban J connectivity index is 2.00. The van der Waals surface area contributed by atoms with Gasteiger partial charge >= 0.3 is 5.97 Å². The average Bonchev–Trinajstić information content (AvgIpc) is 2.37. The number of ether oxygens (including phenoxy) is 1. The van der Waals surface area contributed by atoms with Crippen molar-refractivity contribution in [2.24, 2.45) is 0 Å². The van der Waals surface area contributed by atoms with Gasteiger partial charge < -0.3 is 14.7 Å². The fourth-order valence-electron chi connectivity index (χ4n) is 2.21. The van der Waals surface area contributed by atoms with Gasteiger partial charge in [0.2, 0.25) is 5.88 Å². The van der Waals surface area contributed by atoms with Gasteiger partial charge in [-0.15, -0.1) is 0 Å². The number of nitrogens with zero attached hydrogens (tertiary/aromatic N) is 2. The third-order valence-electron chi connectivity index (χ3n) is 3.36. The molecular weight excluding hydrogens is 268 g/mol. The van der Waals surface area contributed by atoms with E-state index >= 15 is 0 Å². The number of piperidine rings is 1. The lowest BCUT2D eigenvalue weighted by Gasteiger charge is -2.31. The van der Waals surface area contributed by atoms with E-state index in [0.717, 1.165) is 13.0 Å². The van der Waals surface area contributed by atoms with Gasteiger partial charge in [-0.05, 0) is 32.5 Å². The van der Waals surface area contributed by atoms with Crippen LogP contribution >= 0.6 is 11.6 Å². The number of likely N-dealkylation sites (N-methyl/N-ethyl adjacent to an activating group) is 1. The first-order chi connectivity index (χ1) is 9.06. The van der Waals surface area contributed by atoms with Crippen LogP contribution in [0.4, 0.5) is 0 Å².